The van der Waals surface area contributed by atoms with E-state index in [1.54, 1.807) is 0 Å². The standard InChI is InChI=1S/C36H43F9O3/c1-2-3-4-5-21-19-46-33(47-20-21)25-12-15-28(29(37)16-25)24-8-6-22(7-9-24)23-10-13-26(14-11-23)36(44,45)48-27-17-30(38)32(31(39)18-27)35(42,43)34(40)41/h12,15-18,21-24,26,33-34H,2-11,13-14,19-20H2,1H3. The number of hydrogen-bond donors (Lipinski definition) is 0. The van der Waals surface area contributed by atoms with E-state index in [9.17, 15) is 26.3 Å². The first-order valence-electron chi connectivity index (χ1n) is 17.0. The van der Waals surface area contributed by atoms with Gasteiger partial charge < -0.3 is 14.2 Å². The lowest BCUT2D eigenvalue weighted by Gasteiger charge is -2.39. The van der Waals surface area contributed by atoms with Gasteiger partial charge in [-0.25, -0.2) is 22.0 Å². The lowest BCUT2D eigenvalue weighted by atomic mass is 9.68. The second-order valence-electron chi connectivity index (χ2n) is 13.7. The molecule has 3 fully saturated rings. The van der Waals surface area contributed by atoms with Crippen LogP contribution >= 0.6 is 0 Å². The van der Waals surface area contributed by atoms with E-state index < -0.39 is 53.6 Å². The summed E-state index contributed by atoms with van der Waals surface area (Å²) in [5.41, 5.74) is -0.877. The fraction of sp³-hybridized carbons (Fsp3) is 0.667. The van der Waals surface area contributed by atoms with Gasteiger partial charge in [0.1, 0.15) is 23.2 Å². The zero-order valence-corrected chi connectivity index (χ0v) is 27.0. The Bertz CT molecular complexity index is 1320. The van der Waals surface area contributed by atoms with Crippen molar-refractivity contribution >= 4 is 0 Å². The minimum Gasteiger partial charge on any atom is -0.432 e. The molecule has 0 aromatic heterocycles. The predicted molar refractivity (Wildman–Crippen MR) is 161 cm³/mol. The number of alkyl halides is 6. The number of ether oxygens (including phenoxy) is 3. The van der Waals surface area contributed by atoms with E-state index in [2.05, 4.69) is 11.7 Å². The number of unbranched alkanes of at least 4 members (excludes halogenated alkanes) is 2. The van der Waals surface area contributed by atoms with Crippen LogP contribution in [-0.4, -0.2) is 25.7 Å². The third-order valence-corrected chi connectivity index (χ3v) is 10.5. The van der Waals surface area contributed by atoms with Gasteiger partial charge in [-0.1, -0.05) is 38.3 Å². The number of halogens is 9. The normalized spacial score (nSPS) is 27.3. The van der Waals surface area contributed by atoms with Crippen molar-refractivity contribution in [1.82, 2.24) is 0 Å². The van der Waals surface area contributed by atoms with Crippen LogP contribution in [0.5, 0.6) is 5.75 Å². The van der Waals surface area contributed by atoms with Gasteiger partial charge in [-0.15, -0.1) is 0 Å². The Morgan fingerprint density at radius 2 is 1.35 bits per heavy atom. The van der Waals surface area contributed by atoms with Crippen LogP contribution in [0.4, 0.5) is 39.5 Å². The minimum absolute atomic E-state index is 0.0494. The zero-order chi connectivity index (χ0) is 34.6. The molecular weight excluding hydrogens is 651 g/mol. The molecule has 2 saturated carbocycles. The summed E-state index contributed by atoms with van der Waals surface area (Å²) in [6.45, 7) is 3.35. The maximum atomic E-state index is 15.3. The molecule has 5 rings (SSSR count). The molecule has 0 amide bonds. The van der Waals surface area contributed by atoms with Crippen molar-refractivity contribution in [2.75, 3.05) is 13.2 Å². The average Bonchev–Trinajstić information content (AvgIpc) is 3.04. The molecule has 0 spiro atoms. The fourth-order valence-electron chi connectivity index (χ4n) is 7.71. The summed E-state index contributed by atoms with van der Waals surface area (Å²) in [5, 5.41) is 0. The van der Waals surface area contributed by atoms with Crippen LogP contribution in [0.25, 0.3) is 0 Å². The van der Waals surface area contributed by atoms with Crippen molar-refractivity contribution in [2.45, 2.75) is 115 Å². The van der Waals surface area contributed by atoms with Gasteiger partial charge in [0.2, 0.25) is 0 Å². The summed E-state index contributed by atoms with van der Waals surface area (Å²) < 4.78 is 142. The molecule has 0 bridgehead atoms. The zero-order valence-electron chi connectivity index (χ0n) is 27.0. The first-order chi connectivity index (χ1) is 22.8. The van der Waals surface area contributed by atoms with E-state index in [0.29, 0.717) is 49.0 Å². The minimum atomic E-state index is -5.14. The summed E-state index contributed by atoms with van der Waals surface area (Å²) in [4.78, 5) is 0. The lowest BCUT2D eigenvalue weighted by molar-refractivity contribution is -0.224. The fourth-order valence-corrected chi connectivity index (χ4v) is 7.71. The third-order valence-electron chi connectivity index (χ3n) is 10.5. The Morgan fingerprint density at radius 3 is 1.90 bits per heavy atom. The van der Waals surface area contributed by atoms with Crippen LogP contribution in [0, 0.1) is 41.1 Å². The van der Waals surface area contributed by atoms with Crippen molar-refractivity contribution < 1.29 is 53.7 Å². The molecule has 3 aliphatic rings. The van der Waals surface area contributed by atoms with Gasteiger partial charge in [-0.2, -0.15) is 17.6 Å². The Balaban J connectivity index is 1.09. The van der Waals surface area contributed by atoms with E-state index in [1.165, 1.54) is 12.5 Å². The van der Waals surface area contributed by atoms with E-state index >= 15 is 13.2 Å². The van der Waals surface area contributed by atoms with Crippen LogP contribution in [0.3, 0.4) is 0 Å². The van der Waals surface area contributed by atoms with E-state index in [1.807, 2.05) is 12.1 Å². The number of hydrogen-bond acceptors (Lipinski definition) is 3. The van der Waals surface area contributed by atoms with Gasteiger partial charge >= 0.3 is 18.5 Å². The van der Waals surface area contributed by atoms with Crippen LogP contribution in [-0.2, 0) is 15.4 Å². The summed E-state index contributed by atoms with van der Waals surface area (Å²) in [6, 6.07) is 5.34. The Hall–Kier alpha value is -2.47. The van der Waals surface area contributed by atoms with Crippen LogP contribution in [0.1, 0.15) is 113 Å². The van der Waals surface area contributed by atoms with Crippen molar-refractivity contribution in [2.24, 2.45) is 23.7 Å². The molecular formula is C36H43F9O3. The van der Waals surface area contributed by atoms with Crippen molar-refractivity contribution in [3.05, 3.63) is 64.5 Å². The van der Waals surface area contributed by atoms with Gasteiger partial charge in [-0.3, -0.25) is 0 Å². The molecule has 268 valence electrons. The summed E-state index contributed by atoms with van der Waals surface area (Å²) in [6.07, 6.45) is 0.0194. The highest BCUT2D eigenvalue weighted by Gasteiger charge is 2.49. The molecule has 0 N–H and O–H groups in total. The SMILES string of the molecule is CCCCCC1COC(c2ccc(C3CCC(C4CCC(C(F)(F)Oc5cc(F)c(C(F)(F)C(F)F)c(F)c5)CC4)CC3)c(F)c2)OC1. The van der Waals surface area contributed by atoms with Crippen LogP contribution in [0.15, 0.2) is 30.3 Å². The Morgan fingerprint density at radius 1 is 0.771 bits per heavy atom. The van der Waals surface area contributed by atoms with Gasteiger partial charge in [0.15, 0.2) is 6.29 Å². The Labute approximate surface area is 275 Å². The molecule has 0 radical (unpaired) electrons. The molecule has 2 aromatic rings. The number of benzene rings is 2. The molecule has 0 unspecified atom stereocenters. The smallest absolute Gasteiger partial charge is 0.400 e. The topological polar surface area (TPSA) is 27.7 Å². The lowest BCUT2D eigenvalue weighted by Crippen LogP contribution is -2.38. The van der Waals surface area contributed by atoms with Crippen LogP contribution in [0.2, 0.25) is 0 Å². The van der Waals surface area contributed by atoms with E-state index in [-0.39, 0.29) is 42.6 Å². The third kappa shape index (κ3) is 8.45. The second-order valence-corrected chi connectivity index (χ2v) is 13.7. The van der Waals surface area contributed by atoms with E-state index in [4.69, 9.17) is 9.47 Å². The largest absolute Gasteiger partial charge is 0.432 e. The molecule has 2 aliphatic carbocycles. The highest BCUT2D eigenvalue weighted by atomic mass is 19.3. The van der Waals surface area contributed by atoms with Crippen molar-refractivity contribution in [1.29, 1.82) is 0 Å². The van der Waals surface area contributed by atoms with Crippen molar-refractivity contribution in [3.8, 4) is 5.75 Å². The van der Waals surface area contributed by atoms with Crippen LogP contribution < -0.4 is 4.74 Å². The monoisotopic (exact) mass is 694 g/mol. The molecule has 3 nitrogen and oxygen atoms in total. The molecule has 48 heavy (non-hydrogen) atoms. The molecule has 12 heteroatoms. The highest BCUT2D eigenvalue weighted by Crippen LogP contribution is 2.48. The van der Waals surface area contributed by atoms with Crippen molar-refractivity contribution in [3.63, 3.8) is 0 Å². The maximum absolute atomic E-state index is 15.3. The first-order valence-corrected chi connectivity index (χ1v) is 17.0. The molecule has 1 saturated heterocycles. The summed E-state index contributed by atoms with van der Waals surface area (Å²) in [5.74, 6) is -11.1. The summed E-state index contributed by atoms with van der Waals surface area (Å²) in [7, 11) is 0. The maximum Gasteiger partial charge on any atom is 0.400 e. The molecule has 2 aromatic carbocycles. The number of rotatable bonds is 12. The molecule has 1 heterocycles. The average molecular weight is 695 g/mol. The van der Waals surface area contributed by atoms with E-state index in [0.717, 1.165) is 44.9 Å². The first kappa shape index (κ1) is 36.8. The highest BCUT2D eigenvalue weighted by molar-refractivity contribution is 5.34. The second kappa shape index (κ2) is 15.6. The molecule has 1 aliphatic heterocycles. The van der Waals surface area contributed by atoms with Gasteiger partial charge in [0, 0.05) is 23.6 Å². The van der Waals surface area contributed by atoms with Gasteiger partial charge in [0.25, 0.3) is 0 Å². The quantitative estimate of drug-likeness (QED) is 0.164. The van der Waals surface area contributed by atoms with Gasteiger partial charge in [-0.05, 0) is 87.2 Å². The predicted octanol–water partition coefficient (Wildman–Crippen LogP) is 11.5. The molecule has 0 atom stereocenters. The Kier molecular flexibility index (Phi) is 12.0. The van der Waals surface area contributed by atoms with Gasteiger partial charge in [0.05, 0.1) is 24.7 Å². The summed E-state index contributed by atoms with van der Waals surface area (Å²) >= 11 is 0.